The predicted octanol–water partition coefficient (Wildman–Crippen LogP) is 2.14. The fourth-order valence-electron chi connectivity index (χ4n) is 3.48. The smallest absolute Gasteiger partial charge is 0.262 e. The Morgan fingerprint density at radius 1 is 1.45 bits per heavy atom. The molecule has 9 heteroatoms. The number of hydrogen-bond donors (Lipinski definition) is 3. The highest BCUT2D eigenvalue weighted by atomic mass is 32.1. The van der Waals surface area contributed by atoms with Gasteiger partial charge in [-0.1, -0.05) is 6.92 Å². The van der Waals surface area contributed by atoms with Crippen molar-refractivity contribution < 1.29 is 15.0 Å². The van der Waals surface area contributed by atoms with Crippen molar-refractivity contribution in [1.82, 2.24) is 15.0 Å². The van der Waals surface area contributed by atoms with Gasteiger partial charge in [-0.25, -0.2) is 10.4 Å². The van der Waals surface area contributed by atoms with Crippen LogP contribution in [0.1, 0.15) is 29.3 Å². The molecule has 0 spiro atoms. The lowest BCUT2D eigenvalue weighted by molar-refractivity contribution is -0.121. The second kappa shape index (κ2) is 7.67. The molecule has 0 unspecified atom stereocenters. The van der Waals surface area contributed by atoms with E-state index >= 15 is 0 Å². The van der Waals surface area contributed by atoms with Gasteiger partial charge in [0.2, 0.25) is 0 Å². The molecule has 0 saturated heterocycles. The van der Waals surface area contributed by atoms with Crippen molar-refractivity contribution in [3.63, 3.8) is 0 Å². The molecule has 3 N–H and O–H groups in total. The predicted molar refractivity (Wildman–Crippen MR) is 111 cm³/mol. The Morgan fingerprint density at radius 3 is 3.07 bits per heavy atom. The highest BCUT2D eigenvalue weighted by Crippen LogP contribution is 2.35. The Balaban J connectivity index is 1.50. The first-order valence-corrected chi connectivity index (χ1v) is 10.1. The van der Waals surface area contributed by atoms with Crippen molar-refractivity contribution in [1.29, 1.82) is 0 Å². The summed E-state index contributed by atoms with van der Waals surface area (Å²) in [6.07, 6.45) is 5.53. The molecule has 0 aliphatic heterocycles. The number of phenols is 2. The summed E-state index contributed by atoms with van der Waals surface area (Å²) in [7, 11) is 0. The lowest BCUT2D eigenvalue weighted by atomic mass is 9.89. The van der Waals surface area contributed by atoms with Gasteiger partial charge in [-0.15, -0.1) is 11.3 Å². The third kappa shape index (κ3) is 3.86. The normalized spacial score (nSPS) is 16.2. The maximum Gasteiger partial charge on any atom is 0.262 e. The number of rotatable bonds is 4. The zero-order valence-electron chi connectivity index (χ0n) is 15.8. The van der Waals surface area contributed by atoms with Crippen LogP contribution in [-0.2, 0) is 24.2 Å². The summed E-state index contributed by atoms with van der Waals surface area (Å²) < 4.78 is 1.29. The van der Waals surface area contributed by atoms with Crippen LogP contribution < -0.4 is 11.0 Å². The van der Waals surface area contributed by atoms with Gasteiger partial charge in [0, 0.05) is 16.5 Å². The van der Waals surface area contributed by atoms with E-state index in [1.54, 1.807) is 11.3 Å². The number of hydrazone groups is 1. The third-order valence-electron chi connectivity index (χ3n) is 5.00. The Hall–Kier alpha value is -3.20. The number of aromatic nitrogens is 2. The minimum Gasteiger partial charge on any atom is -0.508 e. The van der Waals surface area contributed by atoms with Crippen molar-refractivity contribution >= 4 is 33.7 Å². The molecule has 0 fully saturated rings. The van der Waals surface area contributed by atoms with Crippen molar-refractivity contribution in [2.24, 2.45) is 11.0 Å². The van der Waals surface area contributed by atoms with E-state index in [-0.39, 0.29) is 23.6 Å². The Morgan fingerprint density at radius 2 is 2.28 bits per heavy atom. The molecule has 8 nitrogen and oxygen atoms in total. The molecule has 0 bridgehead atoms. The summed E-state index contributed by atoms with van der Waals surface area (Å²) >= 11 is 1.57. The van der Waals surface area contributed by atoms with Crippen LogP contribution in [0.4, 0.5) is 0 Å². The van der Waals surface area contributed by atoms with Crippen molar-refractivity contribution in [3.8, 4) is 11.5 Å². The first-order valence-electron chi connectivity index (χ1n) is 9.26. The second-order valence-corrected chi connectivity index (χ2v) is 8.33. The highest BCUT2D eigenvalue weighted by molar-refractivity contribution is 7.18. The zero-order chi connectivity index (χ0) is 20.5. The van der Waals surface area contributed by atoms with Crippen LogP contribution in [0.3, 0.4) is 0 Å². The van der Waals surface area contributed by atoms with E-state index in [1.807, 2.05) is 0 Å². The number of carbonyl (C=O) groups is 1. The van der Waals surface area contributed by atoms with Gasteiger partial charge in [0.25, 0.3) is 11.5 Å². The molecular formula is C20H20N4O4S. The van der Waals surface area contributed by atoms with E-state index in [4.69, 9.17) is 0 Å². The average Bonchev–Trinajstić information content (AvgIpc) is 3.04. The summed E-state index contributed by atoms with van der Waals surface area (Å²) in [6, 6.07) is 4.03. The van der Waals surface area contributed by atoms with Crippen LogP contribution in [0.15, 0.2) is 34.4 Å². The molecule has 1 aromatic carbocycles. The van der Waals surface area contributed by atoms with Crippen LogP contribution in [0, 0.1) is 5.92 Å². The fourth-order valence-corrected chi connectivity index (χ4v) is 4.82. The van der Waals surface area contributed by atoms with Crippen LogP contribution in [0.2, 0.25) is 0 Å². The topological polar surface area (TPSA) is 117 Å². The average molecular weight is 412 g/mol. The lowest BCUT2D eigenvalue weighted by Gasteiger charge is -2.17. The summed E-state index contributed by atoms with van der Waals surface area (Å²) in [5.74, 6) is -0.114. The molecule has 3 aromatic rings. The minimum atomic E-state index is -0.486. The quantitative estimate of drug-likeness (QED) is 0.448. The first kappa shape index (κ1) is 19.1. The number of aromatic hydroxyl groups is 2. The summed E-state index contributed by atoms with van der Waals surface area (Å²) in [6.45, 7) is 2.00. The maximum absolute atomic E-state index is 12.9. The Bertz CT molecular complexity index is 1180. The van der Waals surface area contributed by atoms with Gasteiger partial charge >= 0.3 is 0 Å². The molecule has 1 aliphatic rings. The molecule has 1 atom stereocenters. The zero-order valence-corrected chi connectivity index (χ0v) is 16.6. The number of aryl methyl sites for hydroxylation is 1. The molecule has 4 rings (SSSR count). The number of thiophene rings is 1. The largest absolute Gasteiger partial charge is 0.508 e. The van der Waals surface area contributed by atoms with Gasteiger partial charge in [0.1, 0.15) is 22.9 Å². The first-order chi connectivity index (χ1) is 13.9. The number of benzene rings is 1. The van der Waals surface area contributed by atoms with Crippen LogP contribution in [0.25, 0.3) is 10.2 Å². The van der Waals surface area contributed by atoms with Gasteiger partial charge in [0.15, 0.2) is 0 Å². The molecular weight excluding hydrogens is 392 g/mol. The number of hydrogen-bond acceptors (Lipinski definition) is 7. The number of fused-ring (bicyclic) bond motifs is 3. The summed E-state index contributed by atoms with van der Waals surface area (Å²) in [4.78, 5) is 31.4. The molecule has 0 radical (unpaired) electrons. The maximum atomic E-state index is 12.9. The van der Waals surface area contributed by atoms with E-state index in [2.05, 4.69) is 22.4 Å². The number of carbonyl (C=O) groups excluding carboxylic acids is 1. The van der Waals surface area contributed by atoms with E-state index in [9.17, 15) is 19.8 Å². The molecule has 150 valence electrons. The molecule has 2 heterocycles. The molecule has 1 amide bonds. The SMILES string of the molecule is C[C@@H]1CCc2c(sc3ncn(CC(=O)N/N=C\c4ccc(O)cc4O)c(=O)c23)C1. The van der Waals surface area contributed by atoms with Gasteiger partial charge in [-0.05, 0) is 42.9 Å². The molecule has 1 aliphatic carbocycles. The number of nitrogens with zero attached hydrogens (tertiary/aromatic N) is 3. The lowest BCUT2D eigenvalue weighted by Crippen LogP contribution is -2.30. The van der Waals surface area contributed by atoms with Gasteiger partial charge < -0.3 is 10.2 Å². The van der Waals surface area contributed by atoms with Crippen molar-refractivity contribution in [2.75, 3.05) is 0 Å². The van der Waals surface area contributed by atoms with Crippen molar-refractivity contribution in [2.45, 2.75) is 32.7 Å². The molecule has 29 heavy (non-hydrogen) atoms. The minimum absolute atomic E-state index is 0.0731. The van der Waals surface area contributed by atoms with Crippen LogP contribution >= 0.6 is 11.3 Å². The van der Waals surface area contributed by atoms with E-state index in [0.717, 1.165) is 29.7 Å². The number of nitrogens with one attached hydrogen (secondary N) is 1. The summed E-state index contributed by atoms with van der Waals surface area (Å²) in [5.41, 5.74) is 3.54. The Labute approximate surface area is 170 Å². The van der Waals surface area contributed by atoms with Gasteiger partial charge in [0.05, 0.1) is 17.9 Å². The van der Waals surface area contributed by atoms with E-state index < -0.39 is 5.91 Å². The monoisotopic (exact) mass is 412 g/mol. The second-order valence-electron chi connectivity index (χ2n) is 7.25. The molecule has 2 aromatic heterocycles. The van der Waals surface area contributed by atoms with Crippen molar-refractivity contribution in [3.05, 3.63) is 50.9 Å². The molecule has 0 saturated carbocycles. The summed E-state index contributed by atoms with van der Waals surface area (Å²) in [5, 5.41) is 23.4. The standard InChI is InChI=1S/C20H20N4O4S/c1-11-2-5-14-16(6-11)29-19-18(14)20(28)24(10-21-19)9-17(27)23-22-8-12-3-4-13(25)7-15(12)26/h3-4,7-8,10-11,25-26H,2,5-6,9H2,1H3,(H,23,27)/b22-8-/t11-/m1/s1. The highest BCUT2D eigenvalue weighted by Gasteiger charge is 2.23. The fraction of sp³-hybridized carbons (Fsp3) is 0.300. The van der Waals surface area contributed by atoms with Gasteiger partial charge in [-0.2, -0.15) is 5.10 Å². The third-order valence-corrected chi connectivity index (χ3v) is 6.17. The Kier molecular flexibility index (Phi) is 5.06. The number of amides is 1. The van der Waals surface area contributed by atoms with E-state index in [1.165, 1.54) is 40.2 Å². The van der Waals surface area contributed by atoms with Gasteiger partial charge in [-0.3, -0.25) is 14.2 Å². The van der Waals surface area contributed by atoms with Crippen LogP contribution in [-0.4, -0.2) is 31.9 Å². The van der Waals surface area contributed by atoms with E-state index in [0.29, 0.717) is 16.9 Å². The number of phenolic OH excluding ortho intramolecular Hbond substituents is 2. The van der Waals surface area contributed by atoms with Crippen LogP contribution in [0.5, 0.6) is 11.5 Å².